The fourth-order valence-electron chi connectivity index (χ4n) is 3.14. The van der Waals surface area contributed by atoms with Crippen LogP contribution < -0.4 is 10.1 Å². The van der Waals surface area contributed by atoms with Crippen LogP contribution >= 0.6 is 0 Å². The maximum absolute atomic E-state index is 11.8. The SMILES string of the molecule is CC1(C)OC2C(CO)OC([n+]3c[nH]c4c(=O)[nH]cnc43)C2O1. The Morgan fingerprint density at radius 1 is 1.36 bits per heavy atom. The number of H-pyrrole nitrogens is 2. The van der Waals surface area contributed by atoms with Crippen molar-refractivity contribution >= 4 is 11.2 Å². The topological polar surface area (TPSA) is 113 Å². The molecule has 22 heavy (non-hydrogen) atoms. The molecule has 0 radical (unpaired) electrons. The van der Waals surface area contributed by atoms with Crippen LogP contribution in [0.1, 0.15) is 20.1 Å². The van der Waals surface area contributed by atoms with Gasteiger partial charge in [0.25, 0.3) is 5.56 Å². The molecule has 4 unspecified atom stereocenters. The zero-order chi connectivity index (χ0) is 15.5. The number of nitrogens with one attached hydrogen (secondary N) is 2. The first-order valence-electron chi connectivity index (χ1n) is 7.08. The summed E-state index contributed by atoms with van der Waals surface area (Å²) < 4.78 is 19.3. The number of hydrogen-bond acceptors (Lipinski definition) is 6. The smallest absolute Gasteiger partial charge is 0.311 e. The van der Waals surface area contributed by atoms with Crippen molar-refractivity contribution in [1.82, 2.24) is 15.0 Å². The molecule has 118 valence electrons. The number of imidazole rings is 1. The van der Waals surface area contributed by atoms with Crippen LogP contribution in [0.3, 0.4) is 0 Å². The molecule has 2 aliphatic heterocycles. The first-order valence-corrected chi connectivity index (χ1v) is 7.08. The highest BCUT2D eigenvalue weighted by molar-refractivity contribution is 5.63. The summed E-state index contributed by atoms with van der Waals surface area (Å²) in [6.45, 7) is 3.47. The molecule has 0 amide bonds. The molecular weight excluding hydrogens is 292 g/mol. The molecule has 2 aliphatic rings. The van der Waals surface area contributed by atoms with Crippen molar-refractivity contribution in [2.75, 3.05) is 6.61 Å². The van der Waals surface area contributed by atoms with Crippen molar-refractivity contribution in [2.24, 2.45) is 0 Å². The lowest BCUT2D eigenvalue weighted by Crippen LogP contribution is -2.46. The summed E-state index contributed by atoms with van der Waals surface area (Å²) in [5, 5.41) is 9.51. The molecule has 0 aromatic carbocycles. The second-order valence-electron chi connectivity index (χ2n) is 5.92. The van der Waals surface area contributed by atoms with Crippen LogP contribution in [0, 0.1) is 0 Å². The molecule has 9 nitrogen and oxygen atoms in total. The Morgan fingerprint density at radius 3 is 2.91 bits per heavy atom. The van der Waals surface area contributed by atoms with Gasteiger partial charge in [-0.1, -0.05) is 4.98 Å². The van der Waals surface area contributed by atoms with E-state index in [0.29, 0.717) is 11.2 Å². The number of rotatable bonds is 2. The largest absolute Gasteiger partial charge is 0.394 e. The molecule has 2 aromatic heterocycles. The molecule has 2 fully saturated rings. The summed E-state index contributed by atoms with van der Waals surface area (Å²) in [5.41, 5.74) is 0.550. The normalized spacial score (nSPS) is 33.4. The highest BCUT2D eigenvalue weighted by atomic mass is 16.8. The maximum Gasteiger partial charge on any atom is 0.311 e. The standard InChI is InChI=1S/C13H16N4O5/c1-13(2)21-8-6(3-18)20-12(9(8)22-13)17-5-16-7-10(17)14-4-15-11(7)19/h4-6,8-9,12,18H,3H2,1-2H3,(H,14,15,19)/p+1. The van der Waals surface area contributed by atoms with Gasteiger partial charge in [-0.15, -0.1) is 0 Å². The Hall–Kier alpha value is -1.81. The van der Waals surface area contributed by atoms with Gasteiger partial charge in [-0.25, -0.2) is 4.57 Å². The van der Waals surface area contributed by atoms with E-state index in [9.17, 15) is 9.90 Å². The van der Waals surface area contributed by atoms with Gasteiger partial charge in [-0.05, 0) is 13.8 Å². The summed E-state index contributed by atoms with van der Waals surface area (Å²) in [6.07, 6.45) is 1.16. The predicted octanol–water partition coefficient (Wildman–Crippen LogP) is -1.05. The van der Waals surface area contributed by atoms with E-state index in [4.69, 9.17) is 14.2 Å². The first kappa shape index (κ1) is 13.8. The van der Waals surface area contributed by atoms with Crippen LogP contribution in [0.5, 0.6) is 0 Å². The van der Waals surface area contributed by atoms with E-state index in [2.05, 4.69) is 15.0 Å². The molecule has 0 bridgehead atoms. The van der Waals surface area contributed by atoms with Crippen molar-refractivity contribution in [1.29, 1.82) is 0 Å². The summed E-state index contributed by atoms with van der Waals surface area (Å²) in [5.74, 6) is -0.748. The average Bonchev–Trinajstić information content (AvgIpc) is 3.10. The monoisotopic (exact) mass is 309 g/mol. The van der Waals surface area contributed by atoms with Crippen molar-refractivity contribution in [3.8, 4) is 0 Å². The third kappa shape index (κ3) is 1.90. The van der Waals surface area contributed by atoms with Crippen LogP contribution in [0.15, 0.2) is 17.4 Å². The number of fused-ring (bicyclic) bond motifs is 2. The van der Waals surface area contributed by atoms with Crippen LogP contribution in [0.4, 0.5) is 0 Å². The number of aliphatic hydroxyl groups is 1. The maximum atomic E-state index is 11.8. The van der Waals surface area contributed by atoms with E-state index in [-0.39, 0.29) is 18.3 Å². The number of aliphatic hydroxyl groups excluding tert-OH is 1. The molecule has 9 heteroatoms. The molecule has 4 atom stereocenters. The third-order valence-electron chi connectivity index (χ3n) is 4.01. The van der Waals surface area contributed by atoms with E-state index in [0.717, 1.165) is 0 Å². The zero-order valence-corrected chi connectivity index (χ0v) is 12.1. The molecule has 0 aliphatic carbocycles. The summed E-state index contributed by atoms with van der Waals surface area (Å²) in [4.78, 5) is 21.4. The van der Waals surface area contributed by atoms with Gasteiger partial charge >= 0.3 is 5.65 Å². The highest BCUT2D eigenvalue weighted by Crippen LogP contribution is 2.41. The minimum absolute atomic E-state index is 0.173. The van der Waals surface area contributed by atoms with Gasteiger partial charge < -0.3 is 19.3 Å². The molecule has 2 saturated heterocycles. The van der Waals surface area contributed by atoms with Gasteiger partial charge in [0.1, 0.15) is 18.3 Å². The molecular formula is C13H17N4O5+. The van der Waals surface area contributed by atoms with Gasteiger partial charge in [0.2, 0.25) is 11.7 Å². The van der Waals surface area contributed by atoms with Gasteiger partial charge in [-0.2, -0.15) is 0 Å². The molecule has 0 spiro atoms. The van der Waals surface area contributed by atoms with E-state index in [1.807, 2.05) is 13.8 Å². The molecule has 4 rings (SSSR count). The second kappa shape index (κ2) is 4.59. The summed E-state index contributed by atoms with van der Waals surface area (Å²) >= 11 is 0. The Kier molecular flexibility index (Phi) is 2.89. The Bertz CT molecular complexity index is 769. The van der Waals surface area contributed by atoms with Crippen molar-refractivity contribution in [3.63, 3.8) is 0 Å². The third-order valence-corrected chi connectivity index (χ3v) is 4.01. The van der Waals surface area contributed by atoms with Crippen molar-refractivity contribution in [3.05, 3.63) is 23.0 Å². The van der Waals surface area contributed by atoms with Crippen molar-refractivity contribution < 1.29 is 23.9 Å². The van der Waals surface area contributed by atoms with Crippen molar-refractivity contribution in [2.45, 2.75) is 44.2 Å². The fraction of sp³-hybridized carbons (Fsp3) is 0.615. The molecule has 3 N–H and O–H groups in total. The number of aromatic amines is 2. The first-order chi connectivity index (χ1) is 10.5. The van der Waals surface area contributed by atoms with Crippen LogP contribution in [0.25, 0.3) is 11.2 Å². The van der Waals surface area contributed by atoms with Gasteiger partial charge in [-0.3, -0.25) is 14.8 Å². The highest BCUT2D eigenvalue weighted by Gasteiger charge is 2.57. The number of hydrogen-bond donors (Lipinski definition) is 3. The fourth-order valence-corrected chi connectivity index (χ4v) is 3.14. The van der Waals surface area contributed by atoms with Crippen LogP contribution in [0.2, 0.25) is 0 Å². The Balaban J connectivity index is 1.78. The van der Waals surface area contributed by atoms with Crippen LogP contribution in [-0.2, 0) is 14.2 Å². The lowest BCUT2D eigenvalue weighted by Gasteiger charge is -2.22. The van der Waals surface area contributed by atoms with Crippen LogP contribution in [-0.4, -0.2) is 50.8 Å². The molecule has 4 heterocycles. The lowest BCUT2D eigenvalue weighted by atomic mass is 10.1. The summed E-state index contributed by atoms with van der Waals surface area (Å²) in [7, 11) is 0. The number of nitrogens with zero attached hydrogens (tertiary/aromatic N) is 2. The zero-order valence-electron chi connectivity index (χ0n) is 12.1. The number of ether oxygens (including phenoxy) is 3. The summed E-state index contributed by atoms with van der Waals surface area (Å²) in [6, 6.07) is 0. The quantitative estimate of drug-likeness (QED) is 0.610. The number of aromatic nitrogens is 4. The molecule has 0 saturated carbocycles. The second-order valence-corrected chi connectivity index (χ2v) is 5.92. The molecule has 2 aromatic rings. The van der Waals surface area contributed by atoms with Gasteiger partial charge in [0.15, 0.2) is 18.4 Å². The van der Waals surface area contributed by atoms with Gasteiger partial charge in [0, 0.05) is 0 Å². The lowest BCUT2D eigenvalue weighted by molar-refractivity contribution is -0.745. The van der Waals surface area contributed by atoms with E-state index in [1.54, 1.807) is 10.9 Å². The Morgan fingerprint density at radius 2 is 2.14 bits per heavy atom. The van der Waals surface area contributed by atoms with E-state index >= 15 is 0 Å². The minimum Gasteiger partial charge on any atom is -0.394 e. The average molecular weight is 309 g/mol. The van der Waals surface area contributed by atoms with E-state index in [1.165, 1.54) is 6.33 Å². The predicted molar refractivity (Wildman–Crippen MR) is 71.7 cm³/mol. The Labute approximate surface area is 124 Å². The minimum atomic E-state index is -0.748. The van der Waals surface area contributed by atoms with E-state index < -0.39 is 24.2 Å². The van der Waals surface area contributed by atoms with Gasteiger partial charge in [0.05, 0.1) is 6.61 Å².